The summed E-state index contributed by atoms with van der Waals surface area (Å²) in [7, 11) is 0. The van der Waals surface area contributed by atoms with Crippen molar-refractivity contribution in [1.82, 2.24) is 4.98 Å². The summed E-state index contributed by atoms with van der Waals surface area (Å²) in [5.41, 5.74) is 0. The van der Waals surface area contributed by atoms with E-state index < -0.39 is 0 Å². The second-order valence-electron chi connectivity index (χ2n) is 1.38. The average molecular weight is 227 g/mol. The minimum atomic E-state index is 1.17. The maximum absolute atomic E-state index is 3.50. The number of nitrogens with one attached hydrogen (secondary N) is 1. The molecule has 0 atom stereocenters. The minimum absolute atomic E-state index is 1.17. The number of hydrogen-bond acceptors (Lipinski definition) is 0. The SMILES string of the molecule is C=C[CH2][Sn].c1cc[nH]c1. The van der Waals surface area contributed by atoms with Crippen LogP contribution in [0.1, 0.15) is 0 Å². The van der Waals surface area contributed by atoms with Gasteiger partial charge in [0.25, 0.3) is 0 Å². The Hall–Kier alpha value is -0.181. The molecule has 3 radical (unpaired) electrons. The summed E-state index contributed by atoms with van der Waals surface area (Å²) in [6.45, 7) is 3.50. The molecule has 0 spiro atoms. The van der Waals surface area contributed by atoms with Crippen molar-refractivity contribution in [2.45, 2.75) is 4.44 Å². The van der Waals surface area contributed by atoms with E-state index in [9.17, 15) is 0 Å². The van der Waals surface area contributed by atoms with Crippen molar-refractivity contribution < 1.29 is 0 Å². The van der Waals surface area contributed by atoms with Gasteiger partial charge in [0.15, 0.2) is 0 Å². The molecule has 47 valence electrons. The third kappa shape index (κ3) is 7.82. The topological polar surface area (TPSA) is 15.8 Å². The molecule has 1 rings (SSSR count). The minimum Gasteiger partial charge on any atom is -0.368 e. The van der Waals surface area contributed by atoms with Crippen LogP contribution in [0.4, 0.5) is 0 Å². The van der Waals surface area contributed by atoms with Crippen molar-refractivity contribution in [2.75, 3.05) is 0 Å². The summed E-state index contributed by atoms with van der Waals surface area (Å²) in [4.78, 5) is 2.86. The predicted octanol–water partition coefficient (Wildman–Crippen LogP) is 1.77. The van der Waals surface area contributed by atoms with Crippen LogP contribution in [0.3, 0.4) is 0 Å². The summed E-state index contributed by atoms with van der Waals surface area (Å²) in [6.07, 6.45) is 5.66. The van der Waals surface area contributed by atoms with E-state index in [1.807, 2.05) is 30.6 Å². The number of H-pyrrole nitrogens is 1. The molecule has 0 aliphatic heterocycles. The zero-order valence-corrected chi connectivity index (χ0v) is 8.16. The predicted molar refractivity (Wildman–Crippen MR) is 41.6 cm³/mol. The zero-order chi connectivity index (χ0) is 6.95. The van der Waals surface area contributed by atoms with Crippen LogP contribution in [0.2, 0.25) is 4.44 Å². The largest absolute Gasteiger partial charge is 0.368 e. The van der Waals surface area contributed by atoms with Crippen LogP contribution < -0.4 is 0 Å². The zero-order valence-electron chi connectivity index (χ0n) is 5.30. The van der Waals surface area contributed by atoms with E-state index in [4.69, 9.17) is 0 Å². The Bertz CT molecular complexity index is 106. The van der Waals surface area contributed by atoms with Crippen molar-refractivity contribution in [3.05, 3.63) is 37.2 Å². The van der Waals surface area contributed by atoms with Gasteiger partial charge in [0.05, 0.1) is 0 Å². The molecule has 0 aliphatic carbocycles. The molecular formula is C7H10NSn. The van der Waals surface area contributed by atoms with Gasteiger partial charge in [-0.05, 0) is 12.1 Å². The molecule has 0 fully saturated rings. The number of hydrogen-bond donors (Lipinski definition) is 1. The number of aromatic amines is 1. The quantitative estimate of drug-likeness (QED) is 0.555. The fraction of sp³-hybridized carbons (Fsp3) is 0.143. The van der Waals surface area contributed by atoms with E-state index >= 15 is 0 Å². The first-order chi connectivity index (χ1) is 4.41. The molecule has 0 amide bonds. The van der Waals surface area contributed by atoms with Gasteiger partial charge in [-0.3, -0.25) is 0 Å². The molecular weight excluding hydrogens is 217 g/mol. The van der Waals surface area contributed by atoms with Gasteiger partial charge in [0.1, 0.15) is 0 Å². The van der Waals surface area contributed by atoms with Crippen molar-refractivity contribution >= 4 is 22.5 Å². The fourth-order valence-electron chi connectivity index (χ4n) is 0.278. The molecule has 0 bridgehead atoms. The first kappa shape index (κ1) is 8.82. The first-order valence-electron chi connectivity index (χ1n) is 2.75. The van der Waals surface area contributed by atoms with Crippen LogP contribution >= 0.6 is 0 Å². The molecule has 2 heteroatoms. The van der Waals surface area contributed by atoms with Gasteiger partial charge in [-0.25, -0.2) is 0 Å². The van der Waals surface area contributed by atoms with E-state index in [2.05, 4.69) is 11.6 Å². The third-order valence-electron chi connectivity index (χ3n) is 0.640. The standard InChI is InChI=1S/C4H5N.C3H5.Sn/c1-2-4-5-3-1;1-3-2;/h1-5H;3H,1-2H2;. The Balaban J connectivity index is 0.000000148. The van der Waals surface area contributed by atoms with Crippen LogP contribution in [0.25, 0.3) is 0 Å². The maximum Gasteiger partial charge on any atom is 0.000496 e. The first-order valence-corrected chi connectivity index (χ1v) is 4.77. The summed E-state index contributed by atoms with van der Waals surface area (Å²) in [5, 5.41) is 0. The molecule has 1 aromatic rings. The Kier molecular flexibility index (Phi) is 7.66. The Morgan fingerprint density at radius 1 is 1.44 bits per heavy atom. The molecule has 1 nitrogen and oxygen atoms in total. The number of rotatable bonds is 1. The normalized spacial score (nSPS) is 7.22. The molecule has 0 aromatic carbocycles. The molecule has 0 aliphatic rings. The molecule has 1 N–H and O–H groups in total. The molecule has 1 aromatic heterocycles. The summed E-state index contributed by atoms with van der Waals surface area (Å²) < 4.78 is 1.17. The third-order valence-corrected chi connectivity index (χ3v) is 1.46. The van der Waals surface area contributed by atoms with E-state index in [-0.39, 0.29) is 0 Å². The van der Waals surface area contributed by atoms with Crippen molar-refractivity contribution in [1.29, 1.82) is 0 Å². The summed E-state index contributed by atoms with van der Waals surface area (Å²) in [5.74, 6) is 0. The van der Waals surface area contributed by atoms with Crippen LogP contribution in [0, 0.1) is 0 Å². The van der Waals surface area contributed by atoms with Crippen LogP contribution in [-0.4, -0.2) is 27.5 Å². The van der Waals surface area contributed by atoms with Gasteiger partial charge in [0, 0.05) is 12.4 Å². The smallest absolute Gasteiger partial charge is 0.000496 e. The van der Waals surface area contributed by atoms with Gasteiger partial charge in [-0.2, -0.15) is 0 Å². The fourth-order valence-corrected chi connectivity index (χ4v) is 0.278. The number of allylic oxidation sites excluding steroid dienone is 1. The second-order valence-corrected chi connectivity index (χ2v) is 2.54. The van der Waals surface area contributed by atoms with E-state index in [1.54, 1.807) is 22.5 Å². The monoisotopic (exact) mass is 228 g/mol. The molecule has 0 unspecified atom stereocenters. The summed E-state index contributed by atoms with van der Waals surface area (Å²) >= 11 is 1.55. The van der Waals surface area contributed by atoms with Gasteiger partial charge < -0.3 is 4.98 Å². The Morgan fingerprint density at radius 3 is 2.00 bits per heavy atom. The second kappa shape index (κ2) is 7.82. The van der Waals surface area contributed by atoms with Crippen molar-refractivity contribution in [3.63, 3.8) is 0 Å². The van der Waals surface area contributed by atoms with Crippen LogP contribution in [0.15, 0.2) is 37.2 Å². The van der Waals surface area contributed by atoms with E-state index in [0.29, 0.717) is 0 Å². The van der Waals surface area contributed by atoms with Gasteiger partial charge in [-0.15, -0.1) is 0 Å². The Morgan fingerprint density at radius 2 is 1.89 bits per heavy atom. The molecule has 9 heavy (non-hydrogen) atoms. The summed E-state index contributed by atoms with van der Waals surface area (Å²) in [6, 6.07) is 3.89. The number of aromatic nitrogens is 1. The van der Waals surface area contributed by atoms with Gasteiger partial charge >= 0.3 is 39.6 Å². The maximum atomic E-state index is 3.50. The molecule has 0 saturated carbocycles. The van der Waals surface area contributed by atoms with E-state index in [1.165, 1.54) is 4.44 Å². The van der Waals surface area contributed by atoms with Crippen molar-refractivity contribution in [2.24, 2.45) is 0 Å². The van der Waals surface area contributed by atoms with Crippen LogP contribution in [-0.2, 0) is 0 Å². The Labute approximate surface area is 69.3 Å². The average Bonchev–Trinajstić information content (AvgIpc) is 2.43. The van der Waals surface area contributed by atoms with Gasteiger partial charge in [-0.1, -0.05) is 0 Å². The van der Waals surface area contributed by atoms with Gasteiger partial charge in [0.2, 0.25) is 0 Å². The van der Waals surface area contributed by atoms with Crippen molar-refractivity contribution in [3.8, 4) is 0 Å². The molecule has 0 saturated heterocycles. The van der Waals surface area contributed by atoms with E-state index in [0.717, 1.165) is 0 Å². The van der Waals surface area contributed by atoms with Crippen LogP contribution in [0.5, 0.6) is 0 Å². The molecule has 1 heterocycles.